The van der Waals surface area contributed by atoms with Gasteiger partial charge in [0.25, 0.3) is 0 Å². The molecule has 1 fully saturated rings. The van der Waals surface area contributed by atoms with Crippen molar-refractivity contribution in [2.24, 2.45) is 0 Å². The van der Waals surface area contributed by atoms with Crippen LogP contribution in [0.1, 0.15) is 11.1 Å². The van der Waals surface area contributed by atoms with E-state index in [0.29, 0.717) is 26.2 Å². The smallest absolute Gasteiger partial charge is 0.244 e. The molecule has 0 aliphatic carbocycles. The van der Waals surface area contributed by atoms with Crippen LogP contribution < -0.4 is 0 Å². The lowest BCUT2D eigenvalue weighted by Gasteiger charge is -2.34. The molecule has 1 aliphatic heterocycles. The molecule has 2 aromatic rings. The summed E-state index contributed by atoms with van der Waals surface area (Å²) in [6.45, 7) is 2.95. The molecule has 0 aromatic heterocycles. The van der Waals surface area contributed by atoms with Crippen molar-refractivity contribution < 1.29 is 8.42 Å². The first kappa shape index (κ1) is 18.1. The number of rotatable bonds is 4. The molecule has 0 N–H and O–H groups in total. The van der Waals surface area contributed by atoms with Crippen LogP contribution in [0, 0.1) is 11.3 Å². The first-order valence-electron chi connectivity index (χ1n) is 7.97. The van der Waals surface area contributed by atoms with E-state index in [0.717, 1.165) is 11.0 Å². The highest BCUT2D eigenvalue weighted by Crippen LogP contribution is 2.23. The summed E-state index contributed by atoms with van der Waals surface area (Å²) in [5, 5.41) is 9.17. The van der Waals surface area contributed by atoms with Gasteiger partial charge in [0.1, 0.15) is 6.07 Å². The largest absolute Gasteiger partial charge is 0.296 e. The fraction of sp³-hybridized carbons (Fsp3) is 0.278. The van der Waals surface area contributed by atoms with Gasteiger partial charge in [0.2, 0.25) is 10.0 Å². The lowest BCUT2D eigenvalue weighted by Crippen LogP contribution is -2.48. The van der Waals surface area contributed by atoms with Crippen molar-refractivity contribution in [2.45, 2.75) is 11.4 Å². The highest BCUT2D eigenvalue weighted by atomic mass is 79.9. The van der Waals surface area contributed by atoms with E-state index >= 15 is 0 Å². The van der Waals surface area contributed by atoms with E-state index < -0.39 is 10.0 Å². The zero-order valence-electron chi connectivity index (χ0n) is 13.6. The molecule has 130 valence electrons. The molecule has 7 heteroatoms. The zero-order valence-corrected chi connectivity index (χ0v) is 16.0. The van der Waals surface area contributed by atoms with Gasteiger partial charge >= 0.3 is 0 Å². The van der Waals surface area contributed by atoms with Crippen LogP contribution in [-0.2, 0) is 16.6 Å². The predicted octanol–water partition coefficient (Wildman–Crippen LogP) is 2.83. The summed E-state index contributed by atoms with van der Waals surface area (Å²) >= 11 is 3.55. The summed E-state index contributed by atoms with van der Waals surface area (Å²) in [6.07, 6.45) is 0. The van der Waals surface area contributed by atoms with Crippen molar-refractivity contribution in [1.82, 2.24) is 9.21 Å². The van der Waals surface area contributed by atoms with E-state index in [9.17, 15) is 8.42 Å². The third kappa shape index (κ3) is 3.93. The van der Waals surface area contributed by atoms with E-state index in [1.165, 1.54) is 22.0 Å². The van der Waals surface area contributed by atoms with Crippen LogP contribution in [0.4, 0.5) is 0 Å². The predicted molar refractivity (Wildman–Crippen MR) is 99.3 cm³/mol. The van der Waals surface area contributed by atoms with Crippen molar-refractivity contribution in [3.05, 3.63) is 64.1 Å². The van der Waals surface area contributed by atoms with Crippen LogP contribution in [0.25, 0.3) is 0 Å². The first-order valence-corrected chi connectivity index (χ1v) is 10.2. The van der Waals surface area contributed by atoms with Crippen LogP contribution in [0.3, 0.4) is 0 Å². The summed E-state index contributed by atoms with van der Waals surface area (Å²) in [7, 11) is -3.63. The molecule has 0 saturated carbocycles. The Hall–Kier alpha value is -1.72. The number of benzene rings is 2. The minimum Gasteiger partial charge on any atom is -0.296 e. The molecule has 0 radical (unpaired) electrons. The second-order valence-electron chi connectivity index (χ2n) is 5.88. The van der Waals surface area contributed by atoms with Gasteiger partial charge in [-0.05, 0) is 23.8 Å². The fourth-order valence-electron chi connectivity index (χ4n) is 2.92. The Kier molecular flexibility index (Phi) is 5.54. The molecule has 5 nitrogen and oxygen atoms in total. The van der Waals surface area contributed by atoms with Crippen molar-refractivity contribution in [2.75, 3.05) is 26.2 Å². The lowest BCUT2D eigenvalue weighted by molar-refractivity contribution is 0.181. The standard InChI is InChI=1S/C18H18BrN3O2S/c19-17-7-3-1-6-16(17)14-21-9-11-22(12-10-21)25(23,24)18-8-4-2-5-15(18)13-20/h1-8H,9-12,14H2. The van der Waals surface area contributed by atoms with Crippen LogP contribution in [-0.4, -0.2) is 43.8 Å². The highest BCUT2D eigenvalue weighted by molar-refractivity contribution is 9.10. The minimum absolute atomic E-state index is 0.0942. The third-order valence-electron chi connectivity index (χ3n) is 4.31. The third-order valence-corrected chi connectivity index (χ3v) is 7.04. The normalized spacial score (nSPS) is 16.5. The molecule has 25 heavy (non-hydrogen) atoms. The second-order valence-corrected chi connectivity index (χ2v) is 8.64. The van der Waals surface area contributed by atoms with Gasteiger partial charge in [-0.25, -0.2) is 8.42 Å². The highest BCUT2D eigenvalue weighted by Gasteiger charge is 2.30. The van der Waals surface area contributed by atoms with E-state index in [-0.39, 0.29) is 10.5 Å². The lowest BCUT2D eigenvalue weighted by atomic mass is 10.2. The molecule has 1 heterocycles. The number of piperazine rings is 1. The summed E-state index contributed by atoms with van der Waals surface area (Å²) in [5.74, 6) is 0. The summed E-state index contributed by atoms with van der Waals surface area (Å²) in [4.78, 5) is 2.33. The first-order chi connectivity index (χ1) is 12.0. The number of hydrogen-bond donors (Lipinski definition) is 0. The van der Waals surface area contributed by atoms with E-state index in [1.54, 1.807) is 12.1 Å². The summed E-state index contributed by atoms with van der Waals surface area (Å²) < 4.78 is 28.2. The SMILES string of the molecule is N#Cc1ccccc1S(=O)(=O)N1CCN(Cc2ccccc2Br)CC1. The number of halogens is 1. The molecule has 1 saturated heterocycles. The average molecular weight is 420 g/mol. The molecule has 0 amide bonds. The van der Waals surface area contributed by atoms with Crippen LogP contribution in [0.2, 0.25) is 0 Å². The summed E-state index contributed by atoms with van der Waals surface area (Å²) in [6, 6.07) is 16.4. The maximum absolute atomic E-state index is 12.8. The van der Waals surface area contributed by atoms with Gasteiger partial charge in [-0.1, -0.05) is 46.3 Å². The Balaban J connectivity index is 1.70. The van der Waals surface area contributed by atoms with Crippen LogP contribution in [0.15, 0.2) is 57.9 Å². The Morgan fingerprint density at radius 2 is 1.64 bits per heavy atom. The molecule has 0 bridgehead atoms. The Bertz CT molecular complexity index is 901. The van der Waals surface area contributed by atoms with Gasteiger partial charge in [0, 0.05) is 37.2 Å². The molecule has 1 aliphatic rings. The number of hydrogen-bond acceptors (Lipinski definition) is 4. The molecule has 0 unspecified atom stereocenters. The van der Waals surface area contributed by atoms with Gasteiger partial charge in [-0.15, -0.1) is 0 Å². The maximum Gasteiger partial charge on any atom is 0.244 e. The van der Waals surface area contributed by atoms with E-state index in [1.807, 2.05) is 24.3 Å². The molecule has 0 atom stereocenters. The molecule has 0 spiro atoms. The van der Waals surface area contributed by atoms with Crippen molar-refractivity contribution in [3.8, 4) is 6.07 Å². The van der Waals surface area contributed by atoms with Gasteiger partial charge in [-0.2, -0.15) is 9.57 Å². The van der Waals surface area contributed by atoms with Crippen LogP contribution >= 0.6 is 15.9 Å². The van der Waals surface area contributed by atoms with E-state index in [4.69, 9.17) is 5.26 Å². The minimum atomic E-state index is -3.63. The van der Waals surface area contributed by atoms with Gasteiger partial charge in [0.05, 0.1) is 10.5 Å². The topological polar surface area (TPSA) is 64.4 Å². The summed E-state index contributed by atoms with van der Waals surface area (Å²) in [5.41, 5.74) is 1.38. The van der Waals surface area contributed by atoms with Crippen molar-refractivity contribution >= 4 is 26.0 Å². The quantitative estimate of drug-likeness (QED) is 0.763. The van der Waals surface area contributed by atoms with Crippen molar-refractivity contribution in [1.29, 1.82) is 5.26 Å². The number of nitrogens with zero attached hydrogens (tertiary/aromatic N) is 3. The number of nitriles is 1. The Morgan fingerprint density at radius 3 is 2.32 bits per heavy atom. The van der Waals surface area contributed by atoms with Gasteiger partial charge in [0.15, 0.2) is 0 Å². The second kappa shape index (κ2) is 7.67. The fourth-order valence-corrected chi connectivity index (χ4v) is 4.89. The monoisotopic (exact) mass is 419 g/mol. The van der Waals surface area contributed by atoms with Gasteiger partial charge < -0.3 is 0 Å². The van der Waals surface area contributed by atoms with Crippen molar-refractivity contribution in [3.63, 3.8) is 0 Å². The molecular formula is C18H18BrN3O2S. The Labute approximate surface area is 156 Å². The Morgan fingerprint density at radius 1 is 1.00 bits per heavy atom. The molecule has 3 rings (SSSR count). The molecular weight excluding hydrogens is 402 g/mol. The molecule has 2 aromatic carbocycles. The van der Waals surface area contributed by atoms with Crippen LogP contribution in [0.5, 0.6) is 0 Å². The number of sulfonamides is 1. The van der Waals surface area contributed by atoms with Gasteiger partial charge in [-0.3, -0.25) is 4.90 Å². The zero-order chi connectivity index (χ0) is 17.9. The maximum atomic E-state index is 12.8. The van der Waals surface area contributed by atoms with E-state index in [2.05, 4.69) is 26.9 Å². The average Bonchev–Trinajstić information content (AvgIpc) is 2.64.